The van der Waals surface area contributed by atoms with Crippen molar-refractivity contribution in [2.45, 2.75) is 13.5 Å². The van der Waals surface area contributed by atoms with E-state index in [-0.39, 0.29) is 0 Å². The third kappa shape index (κ3) is 2.93. The number of halogens is 2. The van der Waals surface area contributed by atoms with Gasteiger partial charge in [-0.1, -0.05) is 11.6 Å². The average Bonchev–Trinajstić information content (AvgIpc) is 2.66. The Morgan fingerprint density at radius 2 is 2.38 bits per heavy atom. The van der Waals surface area contributed by atoms with Gasteiger partial charge in [0.05, 0.1) is 33.6 Å². The molecule has 0 unspecified atom stereocenters. The Hall–Kier alpha value is -0.650. The molecule has 0 amide bonds. The summed E-state index contributed by atoms with van der Waals surface area (Å²) in [6.07, 6.45) is 1.70. The summed E-state index contributed by atoms with van der Waals surface area (Å²) in [4.78, 5) is 8.40. The minimum Gasteiger partial charge on any atom is -0.378 e. The number of nitrogens with one attached hydrogen (secondary N) is 1. The smallest absolute Gasteiger partial charge is 0.143 e. The second kappa shape index (κ2) is 5.12. The van der Waals surface area contributed by atoms with Crippen LogP contribution in [-0.4, -0.2) is 9.97 Å². The first-order chi connectivity index (χ1) is 7.65. The molecular formula is C10H9BrClN3S. The molecule has 0 atom stereocenters. The van der Waals surface area contributed by atoms with Crippen LogP contribution in [0.15, 0.2) is 22.1 Å². The number of hydrogen-bond acceptors (Lipinski definition) is 4. The van der Waals surface area contributed by atoms with Crippen molar-refractivity contribution in [3.63, 3.8) is 0 Å². The zero-order valence-electron chi connectivity index (χ0n) is 8.50. The zero-order valence-corrected chi connectivity index (χ0v) is 11.7. The lowest BCUT2D eigenvalue weighted by Crippen LogP contribution is -2.00. The van der Waals surface area contributed by atoms with Crippen LogP contribution in [0.3, 0.4) is 0 Å². The van der Waals surface area contributed by atoms with Gasteiger partial charge in [0.1, 0.15) is 5.15 Å². The van der Waals surface area contributed by atoms with Gasteiger partial charge in [0.15, 0.2) is 0 Å². The maximum Gasteiger partial charge on any atom is 0.143 e. The molecule has 3 nitrogen and oxygen atoms in total. The number of aromatic nitrogens is 2. The molecule has 0 aromatic carbocycles. The van der Waals surface area contributed by atoms with Gasteiger partial charge in [-0.15, -0.1) is 11.3 Å². The van der Waals surface area contributed by atoms with Crippen molar-refractivity contribution in [3.8, 4) is 0 Å². The highest BCUT2D eigenvalue weighted by Gasteiger charge is 2.01. The van der Waals surface area contributed by atoms with E-state index in [4.69, 9.17) is 11.6 Å². The summed E-state index contributed by atoms with van der Waals surface area (Å²) in [5.41, 5.74) is 1.95. The summed E-state index contributed by atoms with van der Waals surface area (Å²) in [5.74, 6) is 0. The lowest BCUT2D eigenvalue weighted by atomic mass is 10.4. The van der Waals surface area contributed by atoms with Crippen LogP contribution in [0, 0.1) is 6.92 Å². The quantitative estimate of drug-likeness (QED) is 0.873. The predicted molar refractivity (Wildman–Crippen MR) is 71.1 cm³/mol. The molecule has 2 heterocycles. The van der Waals surface area contributed by atoms with Gasteiger partial charge < -0.3 is 5.32 Å². The van der Waals surface area contributed by atoms with Crippen LogP contribution < -0.4 is 5.32 Å². The number of nitrogens with zero attached hydrogens (tertiary/aromatic N) is 2. The third-order valence-corrected chi connectivity index (χ3v) is 3.89. The SMILES string of the molecule is Cc1nc(CNc2cnc(Cl)c(Br)c2)cs1. The second-order valence-corrected chi connectivity index (χ2v) is 5.48. The summed E-state index contributed by atoms with van der Waals surface area (Å²) in [6.45, 7) is 2.69. The van der Waals surface area contributed by atoms with Gasteiger partial charge in [0.2, 0.25) is 0 Å². The van der Waals surface area contributed by atoms with Crippen molar-refractivity contribution < 1.29 is 0 Å². The van der Waals surface area contributed by atoms with Gasteiger partial charge in [0, 0.05) is 5.38 Å². The van der Waals surface area contributed by atoms with Gasteiger partial charge >= 0.3 is 0 Å². The van der Waals surface area contributed by atoms with E-state index in [9.17, 15) is 0 Å². The van der Waals surface area contributed by atoms with Gasteiger partial charge in [-0.2, -0.15) is 0 Å². The highest BCUT2D eigenvalue weighted by molar-refractivity contribution is 9.10. The van der Waals surface area contributed by atoms with Crippen LogP contribution in [0.1, 0.15) is 10.7 Å². The Kier molecular flexibility index (Phi) is 3.78. The minimum atomic E-state index is 0.468. The molecule has 84 valence electrons. The molecular weight excluding hydrogens is 310 g/mol. The second-order valence-electron chi connectivity index (χ2n) is 3.21. The molecule has 16 heavy (non-hydrogen) atoms. The van der Waals surface area contributed by atoms with Crippen LogP contribution in [0.2, 0.25) is 5.15 Å². The molecule has 0 saturated carbocycles. The molecule has 0 aliphatic heterocycles. The molecule has 6 heteroatoms. The maximum absolute atomic E-state index is 5.80. The van der Waals surface area contributed by atoms with Crippen LogP contribution in [0.4, 0.5) is 5.69 Å². The van der Waals surface area contributed by atoms with E-state index >= 15 is 0 Å². The first kappa shape index (κ1) is 11.8. The molecule has 0 bridgehead atoms. The molecule has 0 aliphatic rings. The van der Waals surface area contributed by atoms with E-state index in [2.05, 4.69) is 31.2 Å². The number of rotatable bonds is 3. The first-order valence-corrected chi connectivity index (χ1v) is 6.66. The number of hydrogen-bond donors (Lipinski definition) is 1. The molecule has 2 aromatic rings. The monoisotopic (exact) mass is 317 g/mol. The van der Waals surface area contributed by atoms with Crippen LogP contribution in [0.5, 0.6) is 0 Å². The lowest BCUT2D eigenvalue weighted by molar-refractivity contribution is 1.05. The highest BCUT2D eigenvalue weighted by atomic mass is 79.9. The van der Waals surface area contributed by atoms with Gasteiger partial charge in [-0.25, -0.2) is 9.97 Å². The Morgan fingerprint density at radius 1 is 1.56 bits per heavy atom. The molecule has 2 rings (SSSR count). The topological polar surface area (TPSA) is 37.8 Å². The van der Waals surface area contributed by atoms with Crippen molar-refractivity contribution in [2.75, 3.05) is 5.32 Å². The van der Waals surface area contributed by atoms with E-state index in [1.807, 2.05) is 18.4 Å². The van der Waals surface area contributed by atoms with E-state index in [1.54, 1.807) is 17.5 Å². The molecule has 0 fully saturated rings. The van der Waals surface area contributed by atoms with E-state index in [1.165, 1.54) is 0 Å². The Bertz CT molecular complexity index is 501. The van der Waals surface area contributed by atoms with Crippen molar-refractivity contribution in [2.24, 2.45) is 0 Å². The average molecular weight is 319 g/mol. The number of anilines is 1. The molecule has 0 aliphatic carbocycles. The van der Waals surface area contributed by atoms with Crippen LogP contribution in [-0.2, 0) is 6.54 Å². The van der Waals surface area contributed by atoms with Crippen molar-refractivity contribution in [1.29, 1.82) is 0 Å². The number of aryl methyl sites for hydroxylation is 1. The molecule has 0 spiro atoms. The first-order valence-electron chi connectivity index (χ1n) is 4.61. The Balaban J connectivity index is 2.02. The summed E-state index contributed by atoms with van der Waals surface area (Å²) in [5, 5.41) is 6.82. The molecule has 0 saturated heterocycles. The van der Waals surface area contributed by atoms with Gasteiger partial charge in [-0.3, -0.25) is 0 Å². The molecule has 2 aromatic heterocycles. The van der Waals surface area contributed by atoms with Crippen LogP contribution in [0.25, 0.3) is 0 Å². The fourth-order valence-corrected chi connectivity index (χ4v) is 2.26. The van der Waals surface area contributed by atoms with Crippen molar-refractivity contribution in [3.05, 3.63) is 38.0 Å². The standard InChI is InChI=1S/C10H9BrClN3S/c1-6-15-8(5-16-6)4-13-7-2-9(11)10(12)14-3-7/h2-3,5,13H,4H2,1H3. The predicted octanol–water partition coefficient (Wildman–Crippen LogP) is 3.87. The number of thiazole rings is 1. The molecule has 0 radical (unpaired) electrons. The van der Waals surface area contributed by atoms with E-state index in [0.29, 0.717) is 11.7 Å². The summed E-state index contributed by atoms with van der Waals surface area (Å²) >= 11 is 10.8. The van der Waals surface area contributed by atoms with E-state index < -0.39 is 0 Å². The third-order valence-electron chi connectivity index (χ3n) is 1.94. The van der Waals surface area contributed by atoms with Gasteiger partial charge in [0.25, 0.3) is 0 Å². The number of pyridine rings is 1. The lowest BCUT2D eigenvalue weighted by Gasteiger charge is -2.04. The Morgan fingerprint density at radius 3 is 3.00 bits per heavy atom. The van der Waals surface area contributed by atoms with Crippen molar-refractivity contribution in [1.82, 2.24) is 9.97 Å². The molecule has 1 N–H and O–H groups in total. The fraction of sp³-hybridized carbons (Fsp3) is 0.200. The van der Waals surface area contributed by atoms with Crippen LogP contribution >= 0.6 is 38.9 Å². The summed E-state index contributed by atoms with van der Waals surface area (Å²) in [7, 11) is 0. The maximum atomic E-state index is 5.80. The summed E-state index contributed by atoms with van der Waals surface area (Å²) < 4.78 is 0.786. The van der Waals surface area contributed by atoms with Crippen molar-refractivity contribution >= 4 is 44.6 Å². The minimum absolute atomic E-state index is 0.468. The summed E-state index contributed by atoms with van der Waals surface area (Å²) in [6, 6.07) is 1.90. The normalized spacial score (nSPS) is 10.4. The Labute approximate surface area is 111 Å². The largest absolute Gasteiger partial charge is 0.378 e. The highest BCUT2D eigenvalue weighted by Crippen LogP contribution is 2.23. The fourth-order valence-electron chi connectivity index (χ4n) is 1.20. The van der Waals surface area contributed by atoms with Gasteiger partial charge in [-0.05, 0) is 28.9 Å². The van der Waals surface area contributed by atoms with E-state index in [0.717, 1.165) is 20.9 Å². The zero-order chi connectivity index (χ0) is 11.5.